The fourth-order valence-electron chi connectivity index (χ4n) is 1.43. The van der Waals surface area contributed by atoms with Crippen molar-refractivity contribution in [1.82, 2.24) is 10.3 Å². The first kappa shape index (κ1) is 13.8. The zero-order valence-electron chi connectivity index (χ0n) is 10.1. The van der Waals surface area contributed by atoms with E-state index in [0.717, 1.165) is 12.2 Å². The molecule has 1 unspecified atom stereocenters. The summed E-state index contributed by atoms with van der Waals surface area (Å²) in [6, 6.07) is 1.84. The number of pyridine rings is 1. The van der Waals surface area contributed by atoms with Gasteiger partial charge < -0.3 is 10.7 Å². The third-order valence-corrected chi connectivity index (χ3v) is 3.15. The number of thioether (sulfide) groups is 1. The van der Waals surface area contributed by atoms with Gasteiger partial charge >= 0.3 is 0 Å². The van der Waals surface area contributed by atoms with Gasteiger partial charge in [-0.1, -0.05) is 6.92 Å². The first-order valence-corrected chi connectivity index (χ1v) is 6.82. The standard InChI is InChI=1S/C11H18N4OS/c1-3-8(7-17-2)14-11(16)9-6-13-5-4-10(9)15-12/h4-6,8H,3,7,12H2,1-2H3,(H,13,15)(H,14,16). The molecule has 0 aliphatic carbocycles. The van der Waals surface area contributed by atoms with Gasteiger partial charge in [0.05, 0.1) is 11.3 Å². The summed E-state index contributed by atoms with van der Waals surface area (Å²) < 4.78 is 0. The van der Waals surface area contributed by atoms with E-state index in [9.17, 15) is 4.79 Å². The van der Waals surface area contributed by atoms with Gasteiger partial charge in [0.2, 0.25) is 0 Å². The Morgan fingerprint density at radius 1 is 1.65 bits per heavy atom. The maximum atomic E-state index is 12.0. The van der Waals surface area contributed by atoms with E-state index in [2.05, 4.69) is 15.7 Å². The van der Waals surface area contributed by atoms with E-state index < -0.39 is 0 Å². The van der Waals surface area contributed by atoms with Crippen LogP contribution in [0.1, 0.15) is 23.7 Å². The highest BCUT2D eigenvalue weighted by Gasteiger charge is 2.14. The van der Waals surface area contributed by atoms with Crippen LogP contribution in [-0.2, 0) is 0 Å². The number of rotatable bonds is 6. The lowest BCUT2D eigenvalue weighted by Crippen LogP contribution is -2.36. The Balaban J connectivity index is 2.75. The van der Waals surface area contributed by atoms with Crippen molar-refractivity contribution in [3.05, 3.63) is 24.0 Å². The predicted molar refractivity (Wildman–Crippen MR) is 72.0 cm³/mol. The Labute approximate surface area is 106 Å². The fraction of sp³-hybridized carbons (Fsp3) is 0.455. The van der Waals surface area contributed by atoms with Gasteiger partial charge in [-0.25, -0.2) is 0 Å². The molecule has 0 saturated heterocycles. The molecule has 6 heteroatoms. The average Bonchev–Trinajstić information content (AvgIpc) is 2.38. The molecule has 0 aliphatic rings. The number of aromatic nitrogens is 1. The van der Waals surface area contributed by atoms with Gasteiger partial charge in [-0.05, 0) is 18.7 Å². The van der Waals surface area contributed by atoms with Gasteiger partial charge in [-0.15, -0.1) is 0 Å². The lowest BCUT2D eigenvalue weighted by atomic mass is 10.2. The SMILES string of the molecule is CCC(CSC)NC(=O)c1cnccc1NN. The van der Waals surface area contributed by atoms with E-state index in [1.165, 1.54) is 6.20 Å². The molecule has 1 aromatic heterocycles. The number of hydrogen-bond donors (Lipinski definition) is 3. The largest absolute Gasteiger partial charge is 0.348 e. The molecule has 94 valence electrons. The molecule has 1 rings (SSSR count). The van der Waals surface area contributed by atoms with Crippen molar-refractivity contribution in [3.63, 3.8) is 0 Å². The van der Waals surface area contributed by atoms with E-state index >= 15 is 0 Å². The molecule has 4 N–H and O–H groups in total. The third kappa shape index (κ3) is 3.90. The van der Waals surface area contributed by atoms with Gasteiger partial charge in [0.1, 0.15) is 0 Å². The maximum absolute atomic E-state index is 12.0. The van der Waals surface area contributed by atoms with Crippen molar-refractivity contribution < 1.29 is 4.79 Å². The van der Waals surface area contributed by atoms with Crippen molar-refractivity contribution in [2.75, 3.05) is 17.4 Å². The Kier molecular flexibility index (Phi) is 5.79. The van der Waals surface area contributed by atoms with Crippen LogP contribution in [0.3, 0.4) is 0 Å². The Morgan fingerprint density at radius 3 is 3.00 bits per heavy atom. The highest BCUT2D eigenvalue weighted by molar-refractivity contribution is 7.98. The van der Waals surface area contributed by atoms with Crippen LogP contribution in [-0.4, -0.2) is 28.9 Å². The number of hydrogen-bond acceptors (Lipinski definition) is 5. The van der Waals surface area contributed by atoms with E-state index in [1.54, 1.807) is 24.0 Å². The molecule has 5 nitrogen and oxygen atoms in total. The lowest BCUT2D eigenvalue weighted by molar-refractivity contribution is 0.0940. The van der Waals surface area contributed by atoms with Crippen molar-refractivity contribution in [1.29, 1.82) is 0 Å². The second kappa shape index (κ2) is 7.13. The van der Waals surface area contributed by atoms with Crippen LogP contribution in [0, 0.1) is 0 Å². The number of nitrogens with zero attached hydrogens (tertiary/aromatic N) is 1. The normalized spacial score (nSPS) is 11.9. The molecular weight excluding hydrogens is 236 g/mol. The van der Waals surface area contributed by atoms with E-state index in [0.29, 0.717) is 11.3 Å². The molecule has 0 aliphatic heterocycles. The highest BCUT2D eigenvalue weighted by atomic mass is 32.2. The van der Waals surface area contributed by atoms with Crippen LogP contribution in [0.15, 0.2) is 18.5 Å². The third-order valence-electron chi connectivity index (χ3n) is 2.42. The minimum atomic E-state index is -0.146. The summed E-state index contributed by atoms with van der Waals surface area (Å²) in [5.74, 6) is 6.10. The van der Waals surface area contributed by atoms with Crippen molar-refractivity contribution in [2.24, 2.45) is 5.84 Å². The van der Waals surface area contributed by atoms with Crippen LogP contribution in [0.5, 0.6) is 0 Å². The van der Waals surface area contributed by atoms with Gasteiger partial charge in [-0.2, -0.15) is 11.8 Å². The highest BCUT2D eigenvalue weighted by Crippen LogP contribution is 2.12. The molecule has 0 radical (unpaired) electrons. The van der Waals surface area contributed by atoms with Crippen molar-refractivity contribution >= 4 is 23.4 Å². The number of anilines is 1. The molecule has 0 saturated carbocycles. The summed E-state index contributed by atoms with van der Waals surface area (Å²) in [7, 11) is 0. The monoisotopic (exact) mass is 254 g/mol. The molecule has 0 spiro atoms. The Hall–Kier alpha value is -1.27. The Morgan fingerprint density at radius 2 is 2.41 bits per heavy atom. The molecule has 0 aromatic carbocycles. The van der Waals surface area contributed by atoms with Crippen molar-refractivity contribution in [3.8, 4) is 0 Å². The fourth-order valence-corrected chi connectivity index (χ4v) is 2.15. The number of nitrogen functional groups attached to an aromatic ring is 1. The maximum Gasteiger partial charge on any atom is 0.255 e. The second-order valence-corrected chi connectivity index (χ2v) is 4.51. The number of carbonyl (C=O) groups is 1. The first-order chi connectivity index (χ1) is 8.22. The van der Waals surface area contributed by atoms with Crippen LogP contribution in [0.4, 0.5) is 5.69 Å². The quantitative estimate of drug-likeness (QED) is 0.526. The number of nitrogens with two attached hydrogens (primary N) is 1. The topological polar surface area (TPSA) is 80.0 Å². The minimum absolute atomic E-state index is 0.146. The molecule has 17 heavy (non-hydrogen) atoms. The van der Waals surface area contributed by atoms with Gasteiger partial charge in [0, 0.05) is 24.2 Å². The zero-order valence-corrected chi connectivity index (χ0v) is 10.9. The van der Waals surface area contributed by atoms with Crippen LogP contribution >= 0.6 is 11.8 Å². The molecule has 0 fully saturated rings. The molecule has 1 amide bonds. The molecule has 1 atom stereocenters. The summed E-state index contributed by atoms with van der Waals surface area (Å²) in [6.45, 7) is 2.05. The summed E-state index contributed by atoms with van der Waals surface area (Å²) in [4.78, 5) is 15.9. The van der Waals surface area contributed by atoms with E-state index in [1.807, 2.05) is 13.2 Å². The summed E-state index contributed by atoms with van der Waals surface area (Å²) in [6.07, 6.45) is 6.02. The molecule has 1 heterocycles. The van der Waals surface area contributed by atoms with Gasteiger partial charge in [0.25, 0.3) is 5.91 Å². The molecular formula is C11H18N4OS. The smallest absolute Gasteiger partial charge is 0.255 e. The lowest BCUT2D eigenvalue weighted by Gasteiger charge is -2.16. The summed E-state index contributed by atoms with van der Waals surface area (Å²) >= 11 is 1.71. The van der Waals surface area contributed by atoms with Crippen LogP contribution in [0.2, 0.25) is 0 Å². The van der Waals surface area contributed by atoms with Gasteiger partial charge in [0.15, 0.2) is 0 Å². The van der Waals surface area contributed by atoms with Crippen LogP contribution < -0.4 is 16.6 Å². The van der Waals surface area contributed by atoms with E-state index in [-0.39, 0.29) is 11.9 Å². The molecule has 1 aromatic rings. The predicted octanol–water partition coefficient (Wildman–Crippen LogP) is 1.24. The van der Waals surface area contributed by atoms with Gasteiger partial charge in [-0.3, -0.25) is 15.6 Å². The Bertz CT molecular complexity index is 372. The minimum Gasteiger partial charge on any atom is -0.348 e. The second-order valence-electron chi connectivity index (χ2n) is 3.60. The van der Waals surface area contributed by atoms with E-state index in [4.69, 9.17) is 5.84 Å². The average molecular weight is 254 g/mol. The molecule has 0 bridgehead atoms. The summed E-state index contributed by atoms with van der Waals surface area (Å²) in [5, 5.41) is 2.96. The summed E-state index contributed by atoms with van der Waals surface area (Å²) in [5.41, 5.74) is 3.54. The number of hydrazine groups is 1. The number of nitrogens with one attached hydrogen (secondary N) is 2. The zero-order chi connectivity index (χ0) is 12.7. The van der Waals surface area contributed by atoms with Crippen LogP contribution in [0.25, 0.3) is 0 Å². The van der Waals surface area contributed by atoms with Crippen molar-refractivity contribution in [2.45, 2.75) is 19.4 Å². The first-order valence-electron chi connectivity index (χ1n) is 5.43. The number of amides is 1. The number of carbonyl (C=O) groups excluding carboxylic acids is 1.